The molecule has 1 heterocycles. The van der Waals surface area contributed by atoms with Gasteiger partial charge in [0.15, 0.2) is 6.04 Å². The van der Waals surface area contributed by atoms with Crippen LogP contribution in [-0.4, -0.2) is 24.4 Å². The predicted octanol–water partition coefficient (Wildman–Crippen LogP) is 2.86. The second-order valence-electron chi connectivity index (χ2n) is 9.21. The summed E-state index contributed by atoms with van der Waals surface area (Å²) in [4.78, 5) is 26.7. The van der Waals surface area contributed by atoms with Crippen LogP contribution in [0.5, 0.6) is 0 Å². The van der Waals surface area contributed by atoms with Crippen molar-refractivity contribution >= 4 is 33.4 Å². The van der Waals surface area contributed by atoms with Crippen molar-refractivity contribution in [1.29, 1.82) is 0 Å². The topological polar surface area (TPSA) is 54.0 Å². The average molecular weight is 418 g/mol. The van der Waals surface area contributed by atoms with Gasteiger partial charge in [-0.3, -0.25) is 9.59 Å². The second-order valence-corrected chi connectivity index (χ2v) is 10.1. The van der Waals surface area contributed by atoms with E-state index in [0.29, 0.717) is 17.5 Å². The Morgan fingerprint density at radius 1 is 1.00 bits per heavy atom. The number of hydrogen-bond donors (Lipinski definition) is 1. The number of amides is 2. The van der Waals surface area contributed by atoms with Crippen LogP contribution in [0.15, 0.2) is 28.7 Å². The maximum atomic E-state index is 12.9. The molecule has 138 valence electrons. The van der Waals surface area contributed by atoms with Crippen molar-refractivity contribution < 1.29 is 14.9 Å². The Labute approximate surface area is 162 Å². The van der Waals surface area contributed by atoms with Crippen LogP contribution in [0.2, 0.25) is 0 Å². The maximum absolute atomic E-state index is 12.9. The molecule has 2 amide bonds. The molecule has 5 fully saturated rings. The number of nitrogens with two attached hydrogens (primary N) is 1. The highest BCUT2D eigenvalue weighted by atomic mass is 79.9. The molecule has 26 heavy (non-hydrogen) atoms. The lowest BCUT2D eigenvalue weighted by Gasteiger charge is -2.56. The minimum absolute atomic E-state index is 0.0398. The Kier molecular flexibility index (Phi) is 4.02. The maximum Gasteiger partial charge on any atom is 0.292 e. The van der Waals surface area contributed by atoms with E-state index < -0.39 is 0 Å². The third kappa shape index (κ3) is 2.84. The van der Waals surface area contributed by atoms with Crippen molar-refractivity contribution in [1.82, 2.24) is 0 Å². The van der Waals surface area contributed by atoms with Crippen molar-refractivity contribution in [3.8, 4) is 0 Å². The zero-order chi connectivity index (χ0) is 17.9. The van der Waals surface area contributed by atoms with Crippen LogP contribution in [0.1, 0.15) is 44.9 Å². The summed E-state index contributed by atoms with van der Waals surface area (Å²) < 4.78 is 0.949. The van der Waals surface area contributed by atoms with Crippen molar-refractivity contribution in [2.75, 3.05) is 11.4 Å². The minimum Gasteiger partial charge on any atom is -0.335 e. The van der Waals surface area contributed by atoms with Crippen LogP contribution in [0.25, 0.3) is 0 Å². The highest BCUT2D eigenvalue weighted by Crippen LogP contribution is 2.59. The summed E-state index contributed by atoms with van der Waals surface area (Å²) in [5, 5.41) is 2.20. The van der Waals surface area contributed by atoms with Gasteiger partial charge in [-0.05, 0) is 80.5 Å². The van der Waals surface area contributed by atoms with Gasteiger partial charge in [0, 0.05) is 9.89 Å². The van der Waals surface area contributed by atoms with Gasteiger partial charge in [0.05, 0.1) is 18.7 Å². The summed E-state index contributed by atoms with van der Waals surface area (Å²) in [6.45, 7) is 1.02. The zero-order valence-corrected chi connectivity index (χ0v) is 16.6. The molecule has 5 aliphatic rings. The molecule has 0 unspecified atom stereocenters. The second kappa shape index (κ2) is 6.16. The molecule has 1 atom stereocenters. The van der Waals surface area contributed by atoms with Crippen molar-refractivity contribution in [2.24, 2.45) is 23.2 Å². The Balaban J connectivity index is 1.28. The lowest BCUT2D eigenvalue weighted by molar-refractivity contribution is -0.687. The number of benzene rings is 1. The van der Waals surface area contributed by atoms with E-state index >= 15 is 0 Å². The van der Waals surface area contributed by atoms with E-state index in [9.17, 15) is 9.59 Å². The normalized spacial score (nSPS) is 38.4. The first kappa shape index (κ1) is 16.9. The Morgan fingerprint density at radius 3 is 2.15 bits per heavy atom. The number of halogens is 1. The van der Waals surface area contributed by atoms with E-state index in [-0.39, 0.29) is 17.9 Å². The number of nitrogens with zero attached hydrogens (tertiary/aromatic N) is 1. The molecule has 4 aliphatic carbocycles. The van der Waals surface area contributed by atoms with E-state index in [2.05, 4.69) is 21.2 Å². The fourth-order valence-corrected chi connectivity index (χ4v) is 6.90. The molecule has 4 saturated carbocycles. The highest BCUT2D eigenvalue weighted by molar-refractivity contribution is 9.10. The molecule has 1 aromatic carbocycles. The van der Waals surface area contributed by atoms with Gasteiger partial charge >= 0.3 is 0 Å². The van der Waals surface area contributed by atoms with Gasteiger partial charge in [-0.15, -0.1) is 0 Å². The summed E-state index contributed by atoms with van der Waals surface area (Å²) in [7, 11) is 0. The number of carbonyl (C=O) groups excluding carboxylic acids is 2. The number of rotatable bonds is 4. The van der Waals surface area contributed by atoms with Crippen LogP contribution < -0.4 is 10.2 Å². The molecule has 0 spiro atoms. The Hall–Kier alpha value is -1.20. The van der Waals surface area contributed by atoms with Gasteiger partial charge in [-0.25, -0.2) is 4.90 Å². The van der Waals surface area contributed by atoms with Crippen molar-refractivity contribution in [2.45, 2.75) is 51.0 Å². The lowest BCUT2D eigenvalue weighted by Crippen LogP contribution is -2.94. The number of anilines is 1. The number of carbonyl (C=O) groups is 2. The summed E-state index contributed by atoms with van der Waals surface area (Å²) in [5.74, 6) is 2.67. The van der Waals surface area contributed by atoms with E-state index in [0.717, 1.165) is 28.8 Å². The van der Waals surface area contributed by atoms with Crippen LogP contribution >= 0.6 is 15.9 Å². The van der Waals surface area contributed by atoms with Crippen LogP contribution in [0.3, 0.4) is 0 Å². The fourth-order valence-electron chi connectivity index (χ4n) is 6.63. The summed E-state index contributed by atoms with van der Waals surface area (Å²) >= 11 is 3.40. The van der Waals surface area contributed by atoms with Gasteiger partial charge in [0.25, 0.3) is 5.91 Å². The van der Waals surface area contributed by atoms with Crippen LogP contribution in [0.4, 0.5) is 5.69 Å². The molecule has 1 aromatic rings. The number of hydrogen-bond acceptors (Lipinski definition) is 2. The van der Waals surface area contributed by atoms with Gasteiger partial charge in [-0.1, -0.05) is 15.9 Å². The molecule has 2 N–H and O–H groups in total. The molecule has 6 rings (SSSR count). The quantitative estimate of drug-likeness (QED) is 0.765. The molecule has 5 heteroatoms. The molecule has 0 radical (unpaired) electrons. The number of imide groups is 1. The Bertz CT molecular complexity index is 710. The molecular formula is C21H26BrN2O2+. The molecule has 1 aliphatic heterocycles. The fraction of sp³-hybridized carbons (Fsp3) is 0.619. The first-order chi connectivity index (χ1) is 12.5. The first-order valence-electron chi connectivity index (χ1n) is 9.97. The first-order valence-corrected chi connectivity index (χ1v) is 10.8. The van der Waals surface area contributed by atoms with E-state index in [4.69, 9.17) is 0 Å². The molecule has 4 nitrogen and oxygen atoms in total. The molecule has 1 saturated heterocycles. The van der Waals surface area contributed by atoms with Gasteiger partial charge in [0.2, 0.25) is 5.91 Å². The van der Waals surface area contributed by atoms with Gasteiger partial charge in [0.1, 0.15) is 0 Å². The molecule has 0 aromatic heterocycles. The highest BCUT2D eigenvalue weighted by Gasteiger charge is 2.53. The third-order valence-electron chi connectivity index (χ3n) is 7.27. The summed E-state index contributed by atoms with van der Waals surface area (Å²) in [6.07, 6.45) is 8.70. The molecule has 4 bridgehead atoms. The zero-order valence-electron chi connectivity index (χ0n) is 15.0. The van der Waals surface area contributed by atoms with E-state index in [1.54, 1.807) is 0 Å². The monoisotopic (exact) mass is 417 g/mol. The largest absolute Gasteiger partial charge is 0.335 e. The summed E-state index contributed by atoms with van der Waals surface area (Å²) in [5.41, 5.74) is 1.12. The lowest BCUT2D eigenvalue weighted by atomic mass is 9.49. The SMILES string of the molecule is O=C1C[C@@H]([NH2+]CC23CC4CC(CC(C4)C2)C3)C(=O)N1c1ccc(Br)cc1. The standard InChI is InChI=1S/C21H25BrN2O2/c22-16-1-3-17(4-2-16)24-19(25)8-18(20(24)26)23-12-21-9-13-5-14(10-21)7-15(6-13)11-21/h1-4,13-15,18,23H,5-12H2/p+1/t13?,14?,15?,18-,21?/m1/s1. The Morgan fingerprint density at radius 2 is 1.58 bits per heavy atom. The predicted molar refractivity (Wildman–Crippen MR) is 102 cm³/mol. The summed E-state index contributed by atoms with van der Waals surface area (Å²) in [6, 6.07) is 7.19. The van der Waals surface area contributed by atoms with Crippen molar-refractivity contribution in [3.63, 3.8) is 0 Å². The van der Waals surface area contributed by atoms with Gasteiger partial charge in [-0.2, -0.15) is 0 Å². The van der Waals surface area contributed by atoms with E-state index in [1.807, 2.05) is 24.3 Å². The van der Waals surface area contributed by atoms with Crippen molar-refractivity contribution in [3.05, 3.63) is 28.7 Å². The van der Waals surface area contributed by atoms with Gasteiger partial charge < -0.3 is 5.32 Å². The number of quaternary nitrogens is 1. The van der Waals surface area contributed by atoms with Crippen LogP contribution in [-0.2, 0) is 9.59 Å². The van der Waals surface area contributed by atoms with E-state index in [1.165, 1.54) is 43.4 Å². The molecular weight excluding hydrogens is 392 g/mol. The smallest absolute Gasteiger partial charge is 0.292 e. The average Bonchev–Trinajstić information content (AvgIpc) is 2.87. The third-order valence-corrected chi connectivity index (χ3v) is 7.80. The minimum atomic E-state index is -0.237. The van der Waals surface area contributed by atoms with Crippen LogP contribution in [0, 0.1) is 23.2 Å².